The van der Waals surface area contributed by atoms with Crippen LogP contribution in [0.5, 0.6) is 0 Å². The minimum absolute atomic E-state index is 0.359. The lowest BCUT2D eigenvalue weighted by Gasteiger charge is -2.09. The summed E-state index contributed by atoms with van der Waals surface area (Å²) in [5.41, 5.74) is 8.64. The number of benzene rings is 2. The maximum atomic E-state index is 9.08. The van der Waals surface area contributed by atoms with Crippen molar-refractivity contribution in [2.45, 2.75) is 0 Å². The van der Waals surface area contributed by atoms with Crippen molar-refractivity contribution in [2.75, 3.05) is 5.73 Å². The Morgan fingerprint density at radius 3 is 2.00 bits per heavy atom. The summed E-state index contributed by atoms with van der Waals surface area (Å²) in [6, 6.07) is 16.7. The summed E-state index contributed by atoms with van der Waals surface area (Å²) < 4.78 is 0. The molecule has 0 saturated carbocycles. The number of rotatable bonds is 1. The van der Waals surface area contributed by atoms with Crippen LogP contribution in [0.2, 0.25) is 0 Å². The van der Waals surface area contributed by atoms with E-state index in [0.29, 0.717) is 22.4 Å². The standard InChI is InChI=1S/C14H9N3/c15-8-11-6-7-12(9-16)14(17)13(11)10-4-2-1-3-5-10/h1-7H,17H2. The van der Waals surface area contributed by atoms with Crippen LogP contribution in [0.15, 0.2) is 42.5 Å². The van der Waals surface area contributed by atoms with Crippen molar-refractivity contribution in [1.82, 2.24) is 0 Å². The van der Waals surface area contributed by atoms with E-state index in [1.165, 1.54) is 0 Å². The molecule has 0 aromatic heterocycles. The molecule has 0 heterocycles. The molecule has 80 valence electrons. The fourth-order valence-corrected chi connectivity index (χ4v) is 1.73. The molecule has 0 radical (unpaired) electrons. The van der Waals surface area contributed by atoms with E-state index < -0.39 is 0 Å². The Hall–Kier alpha value is -2.78. The van der Waals surface area contributed by atoms with Gasteiger partial charge >= 0.3 is 0 Å². The molecule has 2 rings (SSSR count). The van der Waals surface area contributed by atoms with Crippen LogP contribution in [-0.2, 0) is 0 Å². The van der Waals surface area contributed by atoms with E-state index in [1.807, 2.05) is 36.4 Å². The number of nitrogen functional groups attached to an aromatic ring is 1. The fourth-order valence-electron chi connectivity index (χ4n) is 1.73. The van der Waals surface area contributed by atoms with Crippen molar-refractivity contribution in [3.05, 3.63) is 53.6 Å². The molecule has 0 atom stereocenters. The third kappa shape index (κ3) is 1.82. The van der Waals surface area contributed by atoms with Gasteiger partial charge in [0, 0.05) is 5.56 Å². The van der Waals surface area contributed by atoms with Crippen LogP contribution in [-0.4, -0.2) is 0 Å². The molecular weight excluding hydrogens is 210 g/mol. The minimum atomic E-state index is 0.359. The third-order valence-electron chi connectivity index (χ3n) is 2.55. The van der Waals surface area contributed by atoms with Gasteiger partial charge in [0.05, 0.1) is 22.9 Å². The smallest absolute Gasteiger partial charge is 0.101 e. The van der Waals surface area contributed by atoms with Gasteiger partial charge in [0.1, 0.15) is 6.07 Å². The molecule has 17 heavy (non-hydrogen) atoms. The zero-order chi connectivity index (χ0) is 12.3. The molecule has 3 heteroatoms. The van der Waals surface area contributed by atoms with Crippen LogP contribution in [0.25, 0.3) is 11.1 Å². The van der Waals surface area contributed by atoms with Crippen LogP contribution in [0.3, 0.4) is 0 Å². The summed E-state index contributed by atoms with van der Waals surface area (Å²) in [5, 5.41) is 18.0. The molecule has 2 aromatic rings. The van der Waals surface area contributed by atoms with Crippen LogP contribution in [0.1, 0.15) is 11.1 Å². The molecule has 0 bridgehead atoms. The predicted octanol–water partition coefficient (Wildman–Crippen LogP) is 2.68. The van der Waals surface area contributed by atoms with Crippen molar-refractivity contribution in [1.29, 1.82) is 10.5 Å². The molecule has 0 fully saturated rings. The normalized spacial score (nSPS) is 9.29. The monoisotopic (exact) mass is 219 g/mol. The summed E-state index contributed by atoms with van der Waals surface area (Å²) in [4.78, 5) is 0. The summed E-state index contributed by atoms with van der Waals surface area (Å²) in [6.45, 7) is 0. The highest BCUT2D eigenvalue weighted by Crippen LogP contribution is 2.31. The van der Waals surface area contributed by atoms with Crippen molar-refractivity contribution in [2.24, 2.45) is 0 Å². The number of nitriles is 2. The van der Waals surface area contributed by atoms with E-state index in [9.17, 15) is 0 Å². The molecular formula is C14H9N3. The molecule has 3 nitrogen and oxygen atoms in total. The maximum Gasteiger partial charge on any atom is 0.101 e. The Balaban J connectivity index is 2.77. The largest absolute Gasteiger partial charge is 0.397 e. The van der Waals surface area contributed by atoms with Gasteiger partial charge < -0.3 is 5.73 Å². The quantitative estimate of drug-likeness (QED) is 0.749. The first kappa shape index (κ1) is 10.7. The lowest BCUT2D eigenvalue weighted by Crippen LogP contribution is -1.97. The number of hydrogen-bond acceptors (Lipinski definition) is 3. The number of anilines is 1. The molecule has 0 saturated heterocycles. The van der Waals surface area contributed by atoms with Gasteiger partial charge in [-0.25, -0.2) is 0 Å². The SMILES string of the molecule is N#Cc1ccc(C#N)c(-c2ccccc2)c1N. The zero-order valence-corrected chi connectivity index (χ0v) is 9.01. The van der Waals surface area contributed by atoms with Gasteiger partial charge in [-0.15, -0.1) is 0 Å². The van der Waals surface area contributed by atoms with E-state index in [2.05, 4.69) is 6.07 Å². The van der Waals surface area contributed by atoms with Gasteiger partial charge in [0.15, 0.2) is 0 Å². The predicted molar refractivity (Wildman–Crippen MR) is 65.7 cm³/mol. The first-order chi connectivity index (χ1) is 8.27. The molecule has 0 aliphatic carbocycles. The zero-order valence-electron chi connectivity index (χ0n) is 9.01. The lowest BCUT2D eigenvalue weighted by molar-refractivity contribution is 1.45. The summed E-state index contributed by atoms with van der Waals surface area (Å²) in [6.07, 6.45) is 0. The highest BCUT2D eigenvalue weighted by atomic mass is 14.6. The van der Waals surface area contributed by atoms with Crippen molar-refractivity contribution >= 4 is 5.69 Å². The fraction of sp³-hybridized carbons (Fsp3) is 0. The van der Waals surface area contributed by atoms with Crippen LogP contribution in [0.4, 0.5) is 5.69 Å². The molecule has 0 aliphatic rings. The lowest BCUT2D eigenvalue weighted by atomic mass is 9.96. The highest BCUT2D eigenvalue weighted by molar-refractivity contribution is 5.84. The molecule has 0 spiro atoms. The van der Waals surface area contributed by atoms with Crippen LogP contribution >= 0.6 is 0 Å². The number of nitrogens with two attached hydrogens (primary N) is 1. The third-order valence-corrected chi connectivity index (χ3v) is 2.55. The highest BCUT2D eigenvalue weighted by Gasteiger charge is 2.12. The van der Waals surface area contributed by atoms with Crippen LogP contribution < -0.4 is 5.73 Å². The molecule has 0 aliphatic heterocycles. The number of hydrogen-bond donors (Lipinski definition) is 1. The Morgan fingerprint density at radius 2 is 1.41 bits per heavy atom. The Kier molecular flexibility index (Phi) is 2.77. The van der Waals surface area contributed by atoms with E-state index in [-0.39, 0.29) is 0 Å². The Bertz CT molecular complexity index is 631. The van der Waals surface area contributed by atoms with Gasteiger partial charge in [-0.05, 0) is 17.7 Å². The van der Waals surface area contributed by atoms with Gasteiger partial charge in [-0.2, -0.15) is 10.5 Å². The summed E-state index contributed by atoms with van der Waals surface area (Å²) >= 11 is 0. The topological polar surface area (TPSA) is 73.6 Å². The van der Waals surface area contributed by atoms with Gasteiger partial charge in [-0.3, -0.25) is 0 Å². The second kappa shape index (κ2) is 4.38. The average Bonchev–Trinajstić information content (AvgIpc) is 2.39. The van der Waals surface area contributed by atoms with E-state index >= 15 is 0 Å². The van der Waals surface area contributed by atoms with Crippen molar-refractivity contribution in [3.63, 3.8) is 0 Å². The second-order valence-corrected chi connectivity index (χ2v) is 3.54. The average molecular weight is 219 g/mol. The van der Waals surface area contributed by atoms with E-state index in [0.717, 1.165) is 5.56 Å². The van der Waals surface area contributed by atoms with Gasteiger partial charge in [0.2, 0.25) is 0 Å². The number of nitrogens with zero attached hydrogens (tertiary/aromatic N) is 2. The maximum absolute atomic E-state index is 9.08. The molecule has 0 amide bonds. The minimum Gasteiger partial charge on any atom is -0.397 e. The van der Waals surface area contributed by atoms with Gasteiger partial charge in [0.25, 0.3) is 0 Å². The second-order valence-electron chi connectivity index (χ2n) is 3.54. The first-order valence-electron chi connectivity index (χ1n) is 5.06. The Labute approximate surface area is 99.3 Å². The van der Waals surface area contributed by atoms with Gasteiger partial charge in [-0.1, -0.05) is 30.3 Å². The van der Waals surface area contributed by atoms with Crippen molar-refractivity contribution < 1.29 is 0 Å². The van der Waals surface area contributed by atoms with Crippen LogP contribution in [0, 0.1) is 22.7 Å². The molecule has 2 aromatic carbocycles. The Morgan fingerprint density at radius 1 is 0.824 bits per heavy atom. The summed E-state index contributed by atoms with van der Waals surface area (Å²) in [5.74, 6) is 0. The first-order valence-corrected chi connectivity index (χ1v) is 5.06. The van der Waals surface area contributed by atoms with Crippen molar-refractivity contribution in [3.8, 4) is 23.3 Å². The van der Waals surface area contributed by atoms with E-state index in [1.54, 1.807) is 12.1 Å². The van der Waals surface area contributed by atoms with E-state index in [4.69, 9.17) is 16.3 Å². The molecule has 2 N–H and O–H groups in total. The molecule has 0 unspecified atom stereocenters. The summed E-state index contributed by atoms with van der Waals surface area (Å²) in [7, 11) is 0.